The summed E-state index contributed by atoms with van der Waals surface area (Å²) in [4.78, 5) is 43.8. The van der Waals surface area contributed by atoms with Crippen molar-refractivity contribution in [2.75, 3.05) is 57.6 Å². The number of hydrogen-bond acceptors (Lipinski definition) is 6. The number of fused-ring (bicyclic) bond motifs is 1. The fourth-order valence-corrected chi connectivity index (χ4v) is 4.82. The van der Waals surface area contributed by atoms with Gasteiger partial charge in [-0.3, -0.25) is 14.4 Å². The highest BCUT2D eigenvalue weighted by Crippen LogP contribution is 2.37. The van der Waals surface area contributed by atoms with Crippen molar-refractivity contribution < 1.29 is 28.6 Å². The van der Waals surface area contributed by atoms with Crippen LogP contribution in [0.4, 0.5) is 5.69 Å². The summed E-state index contributed by atoms with van der Waals surface area (Å²) in [5.41, 5.74) is 0.722. The number of carbonyl (C=O) groups excluding carboxylic acids is 3. The second-order valence-electron chi connectivity index (χ2n) is 8.48. The molecular formula is C22H27N3O6. The van der Waals surface area contributed by atoms with Crippen LogP contribution < -0.4 is 14.4 Å². The van der Waals surface area contributed by atoms with Crippen LogP contribution in [0.2, 0.25) is 0 Å². The minimum atomic E-state index is -0.357. The number of anilines is 1. The predicted octanol–water partition coefficient (Wildman–Crippen LogP) is 0.866. The van der Waals surface area contributed by atoms with Crippen molar-refractivity contribution >= 4 is 23.4 Å². The molecule has 9 nitrogen and oxygen atoms in total. The summed E-state index contributed by atoms with van der Waals surface area (Å²) in [5.74, 6) is 1.02. The Bertz CT molecular complexity index is 876. The van der Waals surface area contributed by atoms with Gasteiger partial charge in [-0.15, -0.1) is 0 Å². The summed E-state index contributed by atoms with van der Waals surface area (Å²) < 4.78 is 16.1. The first-order valence-corrected chi connectivity index (χ1v) is 11.0. The molecule has 4 aliphatic rings. The SMILES string of the molecule is O=C(C1CCN(C(=O)C2CC(=O)N(c3ccc4c(c3)OCO4)C2)CC1)N1CCOCC1. The number of carbonyl (C=O) groups is 3. The maximum absolute atomic E-state index is 13.1. The summed E-state index contributed by atoms with van der Waals surface area (Å²) in [5, 5.41) is 0. The van der Waals surface area contributed by atoms with Crippen molar-refractivity contribution in [3.8, 4) is 11.5 Å². The Morgan fingerprint density at radius 3 is 2.32 bits per heavy atom. The number of likely N-dealkylation sites (tertiary alicyclic amines) is 1. The zero-order valence-electron chi connectivity index (χ0n) is 17.5. The van der Waals surface area contributed by atoms with Gasteiger partial charge in [0.05, 0.1) is 19.1 Å². The summed E-state index contributed by atoms with van der Waals surface area (Å²) in [7, 11) is 0. The second-order valence-corrected chi connectivity index (χ2v) is 8.48. The zero-order valence-corrected chi connectivity index (χ0v) is 17.5. The van der Waals surface area contributed by atoms with E-state index in [2.05, 4.69) is 0 Å². The fraction of sp³-hybridized carbons (Fsp3) is 0.591. The molecule has 4 aliphatic heterocycles. The van der Waals surface area contributed by atoms with E-state index in [1.807, 2.05) is 15.9 Å². The molecule has 0 radical (unpaired) electrons. The van der Waals surface area contributed by atoms with E-state index < -0.39 is 0 Å². The lowest BCUT2D eigenvalue weighted by Crippen LogP contribution is -2.48. The summed E-state index contributed by atoms with van der Waals surface area (Å²) in [6, 6.07) is 5.40. The van der Waals surface area contributed by atoms with Crippen LogP contribution in [0.15, 0.2) is 18.2 Å². The number of piperidine rings is 1. The molecule has 0 N–H and O–H groups in total. The first-order chi connectivity index (χ1) is 15.1. The molecule has 5 rings (SSSR count). The van der Waals surface area contributed by atoms with Gasteiger partial charge in [0.1, 0.15) is 0 Å². The lowest BCUT2D eigenvalue weighted by atomic mass is 9.94. The Morgan fingerprint density at radius 2 is 1.55 bits per heavy atom. The van der Waals surface area contributed by atoms with E-state index in [9.17, 15) is 14.4 Å². The molecule has 31 heavy (non-hydrogen) atoms. The number of morpholine rings is 1. The third-order valence-corrected chi connectivity index (χ3v) is 6.62. The standard InChI is InChI=1S/C22H27N3O6/c26-20-11-16(13-25(20)17-1-2-18-19(12-17)31-14-30-18)22(28)23-5-3-15(4-6-23)21(27)24-7-9-29-10-8-24/h1-2,12,15-16H,3-11,13-14H2. The molecule has 3 saturated heterocycles. The predicted molar refractivity (Wildman–Crippen MR) is 110 cm³/mol. The van der Waals surface area contributed by atoms with Crippen LogP contribution in [0, 0.1) is 11.8 Å². The number of hydrogen-bond donors (Lipinski definition) is 0. The minimum absolute atomic E-state index is 0.00821. The van der Waals surface area contributed by atoms with Crippen LogP contribution in [-0.4, -0.2) is 80.3 Å². The fourth-order valence-electron chi connectivity index (χ4n) is 4.82. The second kappa shape index (κ2) is 8.37. The lowest BCUT2D eigenvalue weighted by Gasteiger charge is -2.36. The Kier molecular flexibility index (Phi) is 5.43. The molecule has 1 aromatic rings. The third kappa shape index (κ3) is 3.94. The largest absolute Gasteiger partial charge is 0.454 e. The van der Waals surface area contributed by atoms with Gasteiger partial charge in [0.25, 0.3) is 0 Å². The van der Waals surface area contributed by atoms with Crippen LogP contribution >= 0.6 is 0 Å². The minimum Gasteiger partial charge on any atom is -0.454 e. The molecule has 1 atom stereocenters. The highest BCUT2D eigenvalue weighted by Gasteiger charge is 2.39. The number of amides is 3. The maximum Gasteiger partial charge on any atom is 0.231 e. The smallest absolute Gasteiger partial charge is 0.231 e. The van der Waals surface area contributed by atoms with Crippen LogP contribution in [0.5, 0.6) is 11.5 Å². The van der Waals surface area contributed by atoms with Crippen LogP contribution in [0.25, 0.3) is 0 Å². The lowest BCUT2D eigenvalue weighted by molar-refractivity contribution is -0.144. The molecule has 166 valence electrons. The summed E-state index contributed by atoms with van der Waals surface area (Å²) in [6.45, 7) is 4.16. The van der Waals surface area contributed by atoms with Crippen LogP contribution in [-0.2, 0) is 19.1 Å². The molecule has 1 aromatic carbocycles. The first-order valence-electron chi connectivity index (χ1n) is 11.0. The molecule has 0 spiro atoms. The van der Waals surface area contributed by atoms with Crippen molar-refractivity contribution in [1.82, 2.24) is 9.80 Å². The Labute approximate surface area is 180 Å². The molecule has 1 unspecified atom stereocenters. The first kappa shape index (κ1) is 20.1. The molecule has 9 heteroatoms. The number of benzene rings is 1. The Balaban J connectivity index is 1.17. The van der Waals surface area contributed by atoms with E-state index in [0.29, 0.717) is 70.3 Å². The molecule has 0 aliphatic carbocycles. The Morgan fingerprint density at radius 1 is 0.871 bits per heavy atom. The monoisotopic (exact) mass is 429 g/mol. The summed E-state index contributed by atoms with van der Waals surface area (Å²) >= 11 is 0. The van der Waals surface area contributed by atoms with Crippen LogP contribution in [0.1, 0.15) is 19.3 Å². The van der Waals surface area contributed by atoms with Crippen molar-refractivity contribution in [2.24, 2.45) is 11.8 Å². The van der Waals surface area contributed by atoms with Gasteiger partial charge in [-0.2, -0.15) is 0 Å². The normalized spacial score (nSPS) is 24.1. The Hall–Kier alpha value is -2.81. The van der Waals surface area contributed by atoms with Crippen molar-refractivity contribution in [3.05, 3.63) is 18.2 Å². The van der Waals surface area contributed by atoms with E-state index in [-0.39, 0.29) is 42.8 Å². The summed E-state index contributed by atoms with van der Waals surface area (Å²) in [6.07, 6.45) is 1.56. The van der Waals surface area contributed by atoms with Gasteiger partial charge >= 0.3 is 0 Å². The molecule has 3 amide bonds. The van der Waals surface area contributed by atoms with Gasteiger partial charge in [0.2, 0.25) is 24.5 Å². The number of ether oxygens (including phenoxy) is 3. The molecule has 0 aromatic heterocycles. The van der Waals surface area contributed by atoms with Gasteiger partial charge < -0.3 is 28.9 Å². The molecular weight excluding hydrogens is 402 g/mol. The van der Waals surface area contributed by atoms with Crippen LogP contribution in [0.3, 0.4) is 0 Å². The third-order valence-electron chi connectivity index (χ3n) is 6.62. The van der Waals surface area contributed by atoms with Gasteiger partial charge in [0, 0.05) is 56.8 Å². The maximum atomic E-state index is 13.1. The van der Waals surface area contributed by atoms with Gasteiger partial charge in [0.15, 0.2) is 11.5 Å². The van der Waals surface area contributed by atoms with Crippen molar-refractivity contribution in [2.45, 2.75) is 19.3 Å². The molecule has 4 heterocycles. The average molecular weight is 429 g/mol. The average Bonchev–Trinajstić information content (AvgIpc) is 3.44. The van der Waals surface area contributed by atoms with E-state index in [0.717, 1.165) is 5.69 Å². The number of nitrogens with zero attached hydrogens (tertiary/aromatic N) is 3. The van der Waals surface area contributed by atoms with Gasteiger partial charge in [-0.25, -0.2) is 0 Å². The van der Waals surface area contributed by atoms with Gasteiger partial charge in [-0.1, -0.05) is 0 Å². The highest BCUT2D eigenvalue weighted by atomic mass is 16.7. The molecule has 0 saturated carbocycles. The van der Waals surface area contributed by atoms with E-state index in [4.69, 9.17) is 14.2 Å². The van der Waals surface area contributed by atoms with Gasteiger partial charge in [-0.05, 0) is 25.0 Å². The molecule has 0 bridgehead atoms. The number of rotatable bonds is 3. The van der Waals surface area contributed by atoms with E-state index in [1.165, 1.54) is 0 Å². The quantitative estimate of drug-likeness (QED) is 0.708. The van der Waals surface area contributed by atoms with Crippen molar-refractivity contribution in [3.63, 3.8) is 0 Å². The van der Waals surface area contributed by atoms with E-state index in [1.54, 1.807) is 17.0 Å². The highest BCUT2D eigenvalue weighted by molar-refractivity contribution is 6.00. The van der Waals surface area contributed by atoms with Crippen molar-refractivity contribution in [1.29, 1.82) is 0 Å². The topological polar surface area (TPSA) is 88.6 Å². The molecule has 3 fully saturated rings. The van der Waals surface area contributed by atoms with E-state index >= 15 is 0 Å². The zero-order chi connectivity index (χ0) is 21.4.